The quantitative estimate of drug-likeness (QED) is 0.0927. The van der Waals surface area contributed by atoms with Crippen molar-refractivity contribution in [2.75, 3.05) is 7.11 Å². The SMILES string of the molecule is COC(=O)[C@H](Cc1ccc(OC(=O)c2ccccc2)c(C#Cc2ccc(-c3ccc(C#Cc4ccc(-c5ccccn5)nc4)cn3)nc2)c1)NC(=O)c1ccccc1. The van der Waals surface area contributed by atoms with Crippen molar-refractivity contribution in [3.8, 4) is 52.2 Å². The fourth-order valence-electron chi connectivity index (χ4n) is 5.68. The first-order valence-corrected chi connectivity index (χ1v) is 18.1. The molecule has 4 aromatic heterocycles. The third-order valence-corrected chi connectivity index (χ3v) is 8.70. The molecule has 0 aliphatic carbocycles. The second-order valence-corrected chi connectivity index (χ2v) is 12.7. The van der Waals surface area contributed by atoms with E-state index in [-0.39, 0.29) is 12.2 Å². The van der Waals surface area contributed by atoms with E-state index in [0.717, 1.165) is 22.5 Å². The highest BCUT2D eigenvalue weighted by Crippen LogP contribution is 2.23. The molecule has 10 heteroatoms. The van der Waals surface area contributed by atoms with Gasteiger partial charge >= 0.3 is 11.9 Å². The molecule has 0 aliphatic rings. The Morgan fingerprint density at radius 2 is 1.12 bits per heavy atom. The molecule has 0 unspecified atom stereocenters. The van der Waals surface area contributed by atoms with Gasteiger partial charge in [-0.1, -0.05) is 72.2 Å². The third kappa shape index (κ3) is 9.90. The number of pyridine rings is 4. The maximum Gasteiger partial charge on any atom is 0.343 e. The summed E-state index contributed by atoms with van der Waals surface area (Å²) < 4.78 is 10.8. The van der Waals surface area contributed by atoms with Crippen LogP contribution in [-0.4, -0.2) is 50.9 Å². The van der Waals surface area contributed by atoms with E-state index >= 15 is 0 Å². The van der Waals surface area contributed by atoms with E-state index < -0.39 is 23.9 Å². The molecule has 1 N–H and O–H groups in total. The lowest BCUT2D eigenvalue weighted by atomic mass is 10.0. The van der Waals surface area contributed by atoms with E-state index in [1.54, 1.807) is 104 Å². The van der Waals surface area contributed by atoms with Gasteiger partial charge in [-0.3, -0.25) is 24.7 Å². The van der Waals surface area contributed by atoms with Gasteiger partial charge in [-0.15, -0.1) is 0 Å². The predicted octanol–water partition coefficient (Wildman–Crippen LogP) is 7.13. The molecule has 4 heterocycles. The van der Waals surface area contributed by atoms with Crippen molar-refractivity contribution >= 4 is 17.8 Å². The molecule has 1 atom stereocenters. The van der Waals surface area contributed by atoms with Gasteiger partial charge in [0.2, 0.25) is 0 Å². The second kappa shape index (κ2) is 18.4. The summed E-state index contributed by atoms with van der Waals surface area (Å²) in [6, 6.07) is 38.1. The standard InChI is InChI=1S/C48H33N5O5/c1-57-48(56)44(53-46(54)37-10-4-2-5-11-37)29-36-21-26-45(58-47(55)38-12-6-3-7-13-38)39(28-36)22-17-35-20-25-43(52-32-35)42-24-19-34(31-51-42)16-15-33-18-23-41(50-30-33)40-14-8-9-27-49-40/h2-14,18-21,23-28,30-32,44H,29H2,1H3,(H,53,54)/t44-/m0/s1. The summed E-state index contributed by atoms with van der Waals surface area (Å²) in [7, 11) is 1.26. The maximum atomic E-state index is 13.0. The first-order chi connectivity index (χ1) is 28.4. The molecule has 0 saturated heterocycles. The van der Waals surface area contributed by atoms with Gasteiger partial charge < -0.3 is 14.8 Å². The molecule has 0 saturated carbocycles. The van der Waals surface area contributed by atoms with Crippen molar-refractivity contribution in [3.63, 3.8) is 0 Å². The lowest BCUT2D eigenvalue weighted by Crippen LogP contribution is -2.43. The molecule has 0 aliphatic heterocycles. The van der Waals surface area contributed by atoms with Gasteiger partial charge in [0.05, 0.1) is 41.0 Å². The van der Waals surface area contributed by atoms with E-state index in [0.29, 0.717) is 39.2 Å². The number of amides is 1. The minimum atomic E-state index is -0.990. The van der Waals surface area contributed by atoms with Gasteiger partial charge in [0, 0.05) is 53.5 Å². The van der Waals surface area contributed by atoms with Gasteiger partial charge in [-0.2, -0.15) is 0 Å². The lowest BCUT2D eigenvalue weighted by molar-refractivity contribution is -0.142. The summed E-state index contributed by atoms with van der Waals surface area (Å²) in [5.74, 6) is 11.1. The average molecular weight is 760 g/mol. The van der Waals surface area contributed by atoms with Crippen molar-refractivity contribution < 1.29 is 23.9 Å². The minimum absolute atomic E-state index is 0.0947. The van der Waals surface area contributed by atoms with Crippen molar-refractivity contribution in [2.45, 2.75) is 12.5 Å². The predicted molar refractivity (Wildman–Crippen MR) is 218 cm³/mol. The zero-order valence-electron chi connectivity index (χ0n) is 31.1. The van der Waals surface area contributed by atoms with Crippen molar-refractivity contribution in [3.05, 3.63) is 197 Å². The van der Waals surface area contributed by atoms with Crippen LogP contribution in [0.5, 0.6) is 5.75 Å². The highest BCUT2D eigenvalue weighted by Gasteiger charge is 2.23. The van der Waals surface area contributed by atoms with E-state index in [1.165, 1.54) is 7.11 Å². The Morgan fingerprint density at radius 3 is 1.64 bits per heavy atom. The summed E-state index contributed by atoms with van der Waals surface area (Å²) >= 11 is 0. The fourth-order valence-corrected chi connectivity index (χ4v) is 5.68. The Morgan fingerprint density at radius 1 is 0.586 bits per heavy atom. The Hall–Kier alpha value is -8.21. The average Bonchev–Trinajstić information content (AvgIpc) is 3.29. The Kier molecular flexibility index (Phi) is 12.1. The van der Waals surface area contributed by atoms with E-state index in [9.17, 15) is 14.4 Å². The molecule has 280 valence electrons. The maximum absolute atomic E-state index is 13.0. The van der Waals surface area contributed by atoms with Crippen LogP contribution in [0.4, 0.5) is 0 Å². The van der Waals surface area contributed by atoms with Crippen LogP contribution in [0.2, 0.25) is 0 Å². The number of hydrogen-bond donors (Lipinski definition) is 1. The molecule has 0 fully saturated rings. The van der Waals surface area contributed by atoms with Gasteiger partial charge in [-0.05, 0) is 90.5 Å². The lowest BCUT2D eigenvalue weighted by Gasteiger charge is -2.17. The van der Waals surface area contributed by atoms with Crippen molar-refractivity contribution in [2.24, 2.45) is 0 Å². The number of nitrogens with zero attached hydrogens (tertiary/aromatic N) is 4. The van der Waals surface area contributed by atoms with Crippen molar-refractivity contribution in [1.29, 1.82) is 0 Å². The molecule has 3 aromatic carbocycles. The van der Waals surface area contributed by atoms with Crippen LogP contribution in [0.1, 0.15) is 48.5 Å². The van der Waals surface area contributed by atoms with Gasteiger partial charge in [0.1, 0.15) is 11.8 Å². The third-order valence-electron chi connectivity index (χ3n) is 8.70. The van der Waals surface area contributed by atoms with Crippen LogP contribution in [0.25, 0.3) is 22.8 Å². The van der Waals surface area contributed by atoms with Gasteiger partial charge in [0.25, 0.3) is 5.91 Å². The summed E-state index contributed by atoms with van der Waals surface area (Å²) in [5.41, 5.74) is 6.80. The van der Waals surface area contributed by atoms with Crippen LogP contribution >= 0.6 is 0 Å². The topological polar surface area (TPSA) is 133 Å². The summed E-state index contributed by atoms with van der Waals surface area (Å²) in [4.78, 5) is 56.7. The van der Waals surface area contributed by atoms with Crippen LogP contribution in [0, 0.1) is 23.7 Å². The normalized spacial score (nSPS) is 10.8. The number of hydrogen-bond acceptors (Lipinski definition) is 9. The number of rotatable bonds is 9. The first-order valence-electron chi connectivity index (χ1n) is 18.1. The molecule has 1 amide bonds. The first kappa shape index (κ1) is 38.1. The van der Waals surface area contributed by atoms with E-state index in [4.69, 9.17) is 9.47 Å². The zero-order valence-corrected chi connectivity index (χ0v) is 31.1. The number of carbonyl (C=O) groups is 3. The minimum Gasteiger partial charge on any atom is -0.467 e. The van der Waals surface area contributed by atoms with Crippen LogP contribution in [-0.2, 0) is 16.0 Å². The van der Waals surface area contributed by atoms with Crippen LogP contribution in [0.3, 0.4) is 0 Å². The Balaban J connectivity index is 1.08. The van der Waals surface area contributed by atoms with Crippen molar-refractivity contribution in [1.82, 2.24) is 25.3 Å². The number of ether oxygens (including phenoxy) is 2. The van der Waals surface area contributed by atoms with Crippen LogP contribution in [0.15, 0.2) is 158 Å². The smallest absolute Gasteiger partial charge is 0.343 e. The summed E-state index contributed by atoms with van der Waals surface area (Å²) in [6.45, 7) is 0. The zero-order chi connectivity index (χ0) is 40.1. The molecule has 0 bridgehead atoms. The fraction of sp³-hybridized carbons (Fsp3) is 0.0625. The molecule has 7 rings (SSSR count). The molecular formula is C48H33N5O5. The Labute approximate surface area is 335 Å². The number of nitrogens with one attached hydrogen (secondary N) is 1. The number of methoxy groups -OCH3 is 1. The monoisotopic (exact) mass is 759 g/mol. The summed E-state index contributed by atoms with van der Waals surface area (Å²) in [6.07, 6.45) is 6.87. The van der Waals surface area contributed by atoms with Gasteiger partial charge in [0.15, 0.2) is 0 Å². The number of carbonyl (C=O) groups excluding carboxylic acids is 3. The molecule has 0 spiro atoms. The highest BCUT2D eigenvalue weighted by atomic mass is 16.5. The molecule has 7 aromatic rings. The number of esters is 2. The van der Waals surface area contributed by atoms with E-state index in [1.807, 2.05) is 54.6 Å². The molecule has 10 nitrogen and oxygen atoms in total. The second-order valence-electron chi connectivity index (χ2n) is 12.7. The molecular weight excluding hydrogens is 727 g/mol. The number of benzene rings is 3. The molecule has 0 radical (unpaired) electrons. The Bertz CT molecular complexity index is 2670. The largest absolute Gasteiger partial charge is 0.467 e. The van der Waals surface area contributed by atoms with E-state index in [2.05, 4.69) is 48.9 Å². The van der Waals surface area contributed by atoms with Crippen LogP contribution < -0.4 is 10.1 Å². The summed E-state index contributed by atoms with van der Waals surface area (Å²) in [5, 5.41) is 2.76. The number of aromatic nitrogens is 4. The van der Waals surface area contributed by atoms with Gasteiger partial charge in [-0.25, -0.2) is 9.59 Å². The molecule has 58 heavy (non-hydrogen) atoms. The highest BCUT2D eigenvalue weighted by molar-refractivity contribution is 5.96.